The predicted octanol–water partition coefficient (Wildman–Crippen LogP) is 5.81. The standard InChI is InChI=1S/C36H7FN10/c37-36-34-27(32(24(12-42)13-43)31(29(34)17-47)19-2-4-21(9-39)23(6-19)11-41)7-26-28(16-46)30(33(35(26)36)25(14-44)15-45)18-1-3-20(8-38)22(5-18)10-40/h1-7H. The van der Waals surface area contributed by atoms with Crippen LogP contribution in [0, 0.1) is 119 Å². The Kier molecular flexibility index (Phi) is 7.40. The largest absolute Gasteiger partial charge is 0.206 e. The van der Waals surface area contributed by atoms with E-state index in [-0.39, 0.29) is 89.1 Å². The summed E-state index contributed by atoms with van der Waals surface area (Å²) >= 11 is 0. The maximum Gasteiger partial charge on any atom is 0.140 e. The fraction of sp³-hybridized carbons (Fsp3) is 0. The van der Waals surface area contributed by atoms with Crippen molar-refractivity contribution in [3.8, 4) is 60.7 Å². The van der Waals surface area contributed by atoms with E-state index in [1.54, 1.807) is 24.3 Å². The highest BCUT2D eigenvalue weighted by Crippen LogP contribution is 2.55. The molecule has 208 valence electrons. The Morgan fingerprint density at radius 1 is 0.447 bits per heavy atom. The number of nitriles is 10. The number of hydrogen-bond acceptors (Lipinski definition) is 10. The zero-order valence-electron chi connectivity index (χ0n) is 23.4. The highest BCUT2D eigenvalue weighted by molar-refractivity contribution is 6.30. The smallest absolute Gasteiger partial charge is 0.140 e. The van der Waals surface area contributed by atoms with Crippen LogP contribution >= 0.6 is 0 Å². The number of hydrogen-bond donors (Lipinski definition) is 0. The van der Waals surface area contributed by atoms with Gasteiger partial charge in [0, 0.05) is 39.0 Å². The minimum Gasteiger partial charge on any atom is -0.206 e. The number of rotatable bonds is 2. The highest BCUT2D eigenvalue weighted by atomic mass is 19.1. The Hall–Kier alpha value is -8.55. The molecule has 3 aromatic carbocycles. The lowest BCUT2D eigenvalue weighted by Gasteiger charge is -2.13. The molecular weight excluding hydrogens is 591 g/mol. The summed E-state index contributed by atoms with van der Waals surface area (Å²) in [7, 11) is 0. The molecule has 0 unspecified atom stereocenters. The lowest BCUT2D eigenvalue weighted by Crippen LogP contribution is -2.01. The third-order valence-electron chi connectivity index (χ3n) is 7.57. The zero-order chi connectivity index (χ0) is 34.0. The van der Waals surface area contributed by atoms with Gasteiger partial charge in [0.05, 0.1) is 33.4 Å². The van der Waals surface area contributed by atoms with Gasteiger partial charge >= 0.3 is 0 Å². The molecule has 2 aliphatic rings. The number of benzene rings is 3. The molecule has 3 aromatic rings. The van der Waals surface area contributed by atoms with Crippen molar-refractivity contribution in [2.45, 2.75) is 0 Å². The van der Waals surface area contributed by atoms with E-state index in [0.29, 0.717) is 0 Å². The molecule has 0 N–H and O–H groups in total. The fourth-order valence-electron chi connectivity index (χ4n) is 5.67. The average molecular weight is 599 g/mol. The van der Waals surface area contributed by atoms with Crippen molar-refractivity contribution < 1.29 is 4.39 Å². The lowest BCUT2D eigenvalue weighted by molar-refractivity contribution is 0.621. The second-order valence-corrected chi connectivity index (χ2v) is 9.67. The van der Waals surface area contributed by atoms with Crippen molar-refractivity contribution in [3.05, 3.63) is 115 Å². The van der Waals surface area contributed by atoms with Gasteiger partial charge in [-0.2, -0.15) is 52.6 Å². The molecular formula is C36H7FN10. The van der Waals surface area contributed by atoms with E-state index < -0.39 is 17.0 Å². The Bertz CT molecular complexity index is 2600. The minimum atomic E-state index is -1.14. The molecule has 10 nitrogen and oxygen atoms in total. The second-order valence-electron chi connectivity index (χ2n) is 9.67. The van der Waals surface area contributed by atoms with E-state index >= 15 is 4.39 Å². The Morgan fingerprint density at radius 3 is 1.32 bits per heavy atom. The predicted molar refractivity (Wildman–Crippen MR) is 159 cm³/mol. The third-order valence-corrected chi connectivity index (χ3v) is 7.57. The Morgan fingerprint density at radius 2 is 0.894 bits per heavy atom. The summed E-state index contributed by atoms with van der Waals surface area (Å²) in [6.45, 7) is 0. The molecule has 11 heteroatoms. The monoisotopic (exact) mass is 598 g/mol. The summed E-state index contributed by atoms with van der Waals surface area (Å²) in [5.41, 5.74) is -3.21. The van der Waals surface area contributed by atoms with Gasteiger partial charge in [-0.05, 0) is 47.0 Å². The number of nitrogens with zero attached hydrogens (tertiary/aromatic N) is 10. The first kappa shape index (κ1) is 29.9. The molecule has 0 saturated carbocycles. The first-order valence-electron chi connectivity index (χ1n) is 13.0. The summed E-state index contributed by atoms with van der Waals surface area (Å²) in [6.07, 6.45) is 0. The van der Waals surface area contributed by atoms with Gasteiger partial charge in [0.1, 0.15) is 77.7 Å². The molecule has 0 saturated heterocycles. The number of allylic oxidation sites excluding steroid dienone is 8. The molecule has 0 aromatic heterocycles. The van der Waals surface area contributed by atoms with Gasteiger partial charge in [0.2, 0.25) is 0 Å². The van der Waals surface area contributed by atoms with Gasteiger partial charge < -0.3 is 0 Å². The van der Waals surface area contributed by atoms with E-state index in [9.17, 15) is 52.6 Å². The molecule has 5 rings (SSSR count). The van der Waals surface area contributed by atoms with Crippen LogP contribution in [0.3, 0.4) is 0 Å². The molecule has 0 heterocycles. The zero-order valence-corrected chi connectivity index (χ0v) is 23.4. The normalized spacial score (nSPS) is 11.9. The maximum atomic E-state index is 17.1. The summed E-state index contributed by atoms with van der Waals surface area (Å²) in [5.74, 6) is -1.14. The van der Waals surface area contributed by atoms with Gasteiger partial charge in [-0.15, -0.1) is 0 Å². The summed E-state index contributed by atoms with van der Waals surface area (Å²) < 4.78 is 17.1. The molecule has 0 radical (unpaired) electrons. The number of fused-ring (bicyclic) bond motifs is 2. The maximum absolute atomic E-state index is 17.1. The lowest BCUT2D eigenvalue weighted by atomic mass is 9.89. The van der Waals surface area contributed by atoms with Crippen molar-refractivity contribution in [2.24, 2.45) is 0 Å². The molecule has 0 bridgehead atoms. The van der Waals surface area contributed by atoms with Gasteiger partial charge in [0.15, 0.2) is 0 Å². The first-order valence-corrected chi connectivity index (χ1v) is 13.0. The van der Waals surface area contributed by atoms with Gasteiger partial charge in [-0.3, -0.25) is 0 Å². The van der Waals surface area contributed by atoms with Crippen LogP contribution < -0.4 is 0 Å². The molecule has 0 atom stereocenters. The van der Waals surface area contributed by atoms with E-state index in [1.165, 1.54) is 42.5 Å². The molecule has 0 fully saturated rings. The van der Waals surface area contributed by atoms with Crippen LogP contribution in [0.2, 0.25) is 0 Å². The van der Waals surface area contributed by atoms with Crippen molar-refractivity contribution >= 4 is 33.4 Å². The molecule has 0 aliphatic heterocycles. The third kappa shape index (κ3) is 4.23. The van der Waals surface area contributed by atoms with E-state index in [1.807, 2.05) is 36.4 Å². The minimum absolute atomic E-state index is 0.0105. The Balaban J connectivity index is 1.98. The topological polar surface area (TPSA) is 238 Å². The SMILES string of the molecule is N#CC(C#N)=C1C(c2ccc(C#N)c(C#N)c2)=C(C#N)c2c1cc1c(c2F)C(=C(C#N)C#N)C(c2ccc(C#N)c(C#N)c2)=C1C#N. The first-order chi connectivity index (χ1) is 22.8. The van der Waals surface area contributed by atoms with Crippen molar-refractivity contribution in [1.29, 1.82) is 52.6 Å². The quantitative estimate of drug-likeness (QED) is 0.320. The summed E-state index contributed by atoms with van der Waals surface area (Å²) in [4.78, 5) is 0. The second kappa shape index (κ2) is 11.6. The molecule has 0 amide bonds. The van der Waals surface area contributed by atoms with Crippen LogP contribution in [0.15, 0.2) is 53.6 Å². The van der Waals surface area contributed by atoms with Gasteiger partial charge in [-0.1, -0.05) is 12.1 Å². The summed E-state index contributed by atoms with van der Waals surface area (Å²) in [5, 5.41) is 98.5. The van der Waals surface area contributed by atoms with Crippen LogP contribution in [-0.2, 0) is 0 Å². The molecule has 2 aliphatic carbocycles. The van der Waals surface area contributed by atoms with Gasteiger partial charge in [0.25, 0.3) is 0 Å². The van der Waals surface area contributed by atoms with Crippen molar-refractivity contribution in [2.75, 3.05) is 0 Å². The van der Waals surface area contributed by atoms with Crippen LogP contribution in [0.25, 0.3) is 33.4 Å². The van der Waals surface area contributed by atoms with Gasteiger partial charge in [-0.25, -0.2) is 4.39 Å². The number of halogens is 1. The van der Waals surface area contributed by atoms with Crippen molar-refractivity contribution in [1.82, 2.24) is 0 Å². The highest BCUT2D eigenvalue weighted by Gasteiger charge is 2.41. The average Bonchev–Trinajstić information content (AvgIpc) is 3.62. The van der Waals surface area contributed by atoms with Crippen LogP contribution in [0.5, 0.6) is 0 Å². The summed E-state index contributed by atoms with van der Waals surface area (Å²) in [6, 6.07) is 27.4. The van der Waals surface area contributed by atoms with Crippen molar-refractivity contribution in [3.63, 3.8) is 0 Å². The van der Waals surface area contributed by atoms with Crippen LogP contribution in [-0.4, -0.2) is 0 Å². The Labute approximate surface area is 265 Å². The van der Waals surface area contributed by atoms with E-state index in [2.05, 4.69) is 0 Å². The van der Waals surface area contributed by atoms with E-state index in [4.69, 9.17) is 0 Å². The molecule has 0 spiro atoms. The fourth-order valence-corrected chi connectivity index (χ4v) is 5.67. The van der Waals surface area contributed by atoms with E-state index in [0.717, 1.165) is 0 Å². The molecule has 47 heavy (non-hydrogen) atoms. The van der Waals surface area contributed by atoms with Crippen LogP contribution in [0.1, 0.15) is 55.6 Å². The van der Waals surface area contributed by atoms with Crippen LogP contribution in [0.4, 0.5) is 4.39 Å².